The van der Waals surface area contributed by atoms with Crippen molar-refractivity contribution in [1.82, 2.24) is 14.5 Å². The molecule has 2 heterocycles. The standard InChI is InChI=1S/C40H29N3/c1-2-38-41-36-20-8-9-21-37(36)43(38)31-24-22-28(23-25-31)40-34-18-11-17-32(39(34)33-16-6-7-19-35(33)42-40)30-15-10-14-29(26-30)27-12-4-3-5-13-27/h3-26H,2H2,1H3. The summed E-state index contributed by atoms with van der Waals surface area (Å²) in [5, 5.41) is 3.54. The SMILES string of the molecule is CCc1nc2ccccc2n1-c1ccc(-c2nc3ccccc3c3c(-c4cccc(-c5ccccc5)c4)cccc23)cc1. The highest BCUT2D eigenvalue weighted by molar-refractivity contribution is 6.17. The number of hydrogen-bond acceptors (Lipinski definition) is 2. The Morgan fingerprint density at radius 2 is 1.19 bits per heavy atom. The Morgan fingerprint density at radius 1 is 0.512 bits per heavy atom. The van der Waals surface area contributed by atoms with E-state index in [2.05, 4.69) is 151 Å². The predicted molar refractivity (Wildman–Crippen MR) is 180 cm³/mol. The van der Waals surface area contributed by atoms with Crippen LogP contribution in [0.15, 0.2) is 146 Å². The highest BCUT2D eigenvalue weighted by Crippen LogP contribution is 2.39. The lowest BCUT2D eigenvalue weighted by atomic mass is 9.91. The lowest BCUT2D eigenvalue weighted by molar-refractivity contribution is 0.908. The smallest absolute Gasteiger partial charge is 0.114 e. The van der Waals surface area contributed by atoms with Crippen molar-refractivity contribution in [2.75, 3.05) is 0 Å². The molecule has 0 aliphatic carbocycles. The molecule has 6 aromatic carbocycles. The number of fused-ring (bicyclic) bond motifs is 4. The summed E-state index contributed by atoms with van der Waals surface area (Å²) < 4.78 is 2.27. The van der Waals surface area contributed by atoms with Crippen LogP contribution in [0.1, 0.15) is 12.7 Å². The van der Waals surface area contributed by atoms with Crippen molar-refractivity contribution < 1.29 is 0 Å². The van der Waals surface area contributed by atoms with E-state index < -0.39 is 0 Å². The molecule has 2 aromatic heterocycles. The number of para-hydroxylation sites is 3. The molecule has 3 nitrogen and oxygen atoms in total. The highest BCUT2D eigenvalue weighted by atomic mass is 15.1. The van der Waals surface area contributed by atoms with Crippen LogP contribution in [0.4, 0.5) is 0 Å². The zero-order valence-corrected chi connectivity index (χ0v) is 23.9. The Labute approximate surface area is 250 Å². The fraction of sp³-hybridized carbons (Fsp3) is 0.0500. The molecular formula is C40H29N3. The first kappa shape index (κ1) is 25.2. The van der Waals surface area contributed by atoms with E-state index in [4.69, 9.17) is 9.97 Å². The Morgan fingerprint density at radius 3 is 2.02 bits per heavy atom. The van der Waals surface area contributed by atoms with Crippen molar-refractivity contribution in [3.63, 3.8) is 0 Å². The molecule has 0 atom stereocenters. The molecule has 0 amide bonds. The quantitative estimate of drug-likeness (QED) is 0.199. The van der Waals surface area contributed by atoms with Crippen molar-refractivity contribution >= 4 is 32.7 Å². The molecule has 0 unspecified atom stereocenters. The minimum Gasteiger partial charge on any atom is -0.296 e. The van der Waals surface area contributed by atoms with Crippen LogP contribution in [-0.4, -0.2) is 14.5 Å². The monoisotopic (exact) mass is 551 g/mol. The fourth-order valence-corrected chi connectivity index (χ4v) is 6.33. The summed E-state index contributed by atoms with van der Waals surface area (Å²) in [4.78, 5) is 10.1. The van der Waals surface area contributed by atoms with Gasteiger partial charge in [0.05, 0.1) is 22.2 Å². The summed E-state index contributed by atoms with van der Waals surface area (Å²) in [7, 11) is 0. The van der Waals surface area contributed by atoms with Gasteiger partial charge in [-0.1, -0.05) is 116 Å². The number of aryl methyl sites for hydroxylation is 1. The van der Waals surface area contributed by atoms with Crippen LogP contribution in [0.5, 0.6) is 0 Å². The van der Waals surface area contributed by atoms with Gasteiger partial charge < -0.3 is 0 Å². The van der Waals surface area contributed by atoms with Gasteiger partial charge >= 0.3 is 0 Å². The van der Waals surface area contributed by atoms with Crippen LogP contribution in [0, 0.1) is 0 Å². The van der Waals surface area contributed by atoms with E-state index >= 15 is 0 Å². The molecule has 0 N–H and O–H groups in total. The van der Waals surface area contributed by atoms with Crippen LogP contribution >= 0.6 is 0 Å². The number of nitrogens with zero attached hydrogens (tertiary/aromatic N) is 3. The molecule has 0 aliphatic rings. The molecule has 0 spiro atoms. The maximum absolute atomic E-state index is 5.23. The van der Waals surface area contributed by atoms with Gasteiger partial charge in [-0.05, 0) is 58.7 Å². The molecule has 8 rings (SSSR count). The Bertz CT molecular complexity index is 2260. The first-order chi connectivity index (χ1) is 21.3. The number of pyridine rings is 1. The van der Waals surface area contributed by atoms with Crippen LogP contribution in [0.3, 0.4) is 0 Å². The molecule has 8 aromatic rings. The molecule has 43 heavy (non-hydrogen) atoms. The molecule has 204 valence electrons. The summed E-state index contributed by atoms with van der Waals surface area (Å²) in [5.74, 6) is 1.06. The summed E-state index contributed by atoms with van der Waals surface area (Å²) in [5.41, 5.74) is 11.2. The van der Waals surface area contributed by atoms with Gasteiger partial charge in [0.25, 0.3) is 0 Å². The number of benzene rings is 6. The second-order valence-electron chi connectivity index (χ2n) is 10.9. The van der Waals surface area contributed by atoms with E-state index in [1.54, 1.807) is 0 Å². The van der Waals surface area contributed by atoms with Gasteiger partial charge in [0.1, 0.15) is 5.82 Å². The van der Waals surface area contributed by atoms with Crippen molar-refractivity contribution in [1.29, 1.82) is 0 Å². The van der Waals surface area contributed by atoms with E-state index in [-0.39, 0.29) is 0 Å². The van der Waals surface area contributed by atoms with E-state index in [1.165, 1.54) is 27.6 Å². The number of aromatic nitrogens is 3. The average molecular weight is 552 g/mol. The van der Waals surface area contributed by atoms with Gasteiger partial charge in [-0.25, -0.2) is 9.97 Å². The Kier molecular flexibility index (Phi) is 6.08. The molecular weight excluding hydrogens is 522 g/mol. The Hall–Kier alpha value is -5.54. The normalized spacial score (nSPS) is 11.5. The number of hydrogen-bond donors (Lipinski definition) is 0. The number of imidazole rings is 1. The fourth-order valence-electron chi connectivity index (χ4n) is 6.33. The van der Waals surface area contributed by atoms with Crippen LogP contribution in [0.25, 0.3) is 71.9 Å². The van der Waals surface area contributed by atoms with Gasteiger partial charge in [-0.15, -0.1) is 0 Å². The van der Waals surface area contributed by atoms with Crippen molar-refractivity contribution in [2.45, 2.75) is 13.3 Å². The molecule has 0 saturated heterocycles. The van der Waals surface area contributed by atoms with Gasteiger partial charge in [-0.3, -0.25) is 4.57 Å². The Balaban J connectivity index is 1.31. The summed E-state index contributed by atoms with van der Waals surface area (Å²) in [6.07, 6.45) is 0.863. The van der Waals surface area contributed by atoms with Gasteiger partial charge in [0.15, 0.2) is 0 Å². The molecule has 0 bridgehead atoms. The third-order valence-electron chi connectivity index (χ3n) is 8.35. The molecule has 0 radical (unpaired) electrons. The van der Waals surface area contributed by atoms with Crippen LogP contribution < -0.4 is 0 Å². The maximum Gasteiger partial charge on any atom is 0.114 e. The molecule has 0 aliphatic heterocycles. The van der Waals surface area contributed by atoms with Gasteiger partial charge in [-0.2, -0.15) is 0 Å². The topological polar surface area (TPSA) is 30.7 Å². The molecule has 0 fully saturated rings. The third kappa shape index (κ3) is 4.29. The van der Waals surface area contributed by atoms with E-state index in [9.17, 15) is 0 Å². The van der Waals surface area contributed by atoms with Crippen LogP contribution in [-0.2, 0) is 6.42 Å². The zero-order chi connectivity index (χ0) is 28.8. The second kappa shape index (κ2) is 10.4. The summed E-state index contributed by atoms with van der Waals surface area (Å²) >= 11 is 0. The zero-order valence-electron chi connectivity index (χ0n) is 23.9. The van der Waals surface area contributed by atoms with Crippen molar-refractivity contribution in [3.05, 3.63) is 151 Å². The second-order valence-corrected chi connectivity index (χ2v) is 10.9. The lowest BCUT2D eigenvalue weighted by Crippen LogP contribution is -2.00. The van der Waals surface area contributed by atoms with Gasteiger partial charge in [0.2, 0.25) is 0 Å². The largest absolute Gasteiger partial charge is 0.296 e. The van der Waals surface area contributed by atoms with E-state index in [0.29, 0.717) is 0 Å². The first-order valence-corrected chi connectivity index (χ1v) is 14.8. The lowest BCUT2D eigenvalue weighted by Gasteiger charge is -2.15. The first-order valence-electron chi connectivity index (χ1n) is 14.8. The number of rotatable bonds is 5. The summed E-state index contributed by atoms with van der Waals surface area (Å²) in [6, 6.07) is 51.7. The van der Waals surface area contributed by atoms with E-state index in [1.807, 2.05) is 6.07 Å². The maximum atomic E-state index is 5.23. The average Bonchev–Trinajstić information content (AvgIpc) is 3.47. The van der Waals surface area contributed by atoms with Gasteiger partial charge in [0, 0.05) is 33.8 Å². The molecule has 0 saturated carbocycles. The van der Waals surface area contributed by atoms with Crippen molar-refractivity contribution in [3.8, 4) is 39.2 Å². The molecule has 3 heteroatoms. The van der Waals surface area contributed by atoms with Crippen LogP contribution in [0.2, 0.25) is 0 Å². The third-order valence-corrected chi connectivity index (χ3v) is 8.35. The predicted octanol–water partition coefficient (Wildman–Crippen LogP) is 10.3. The summed E-state index contributed by atoms with van der Waals surface area (Å²) in [6.45, 7) is 2.16. The van der Waals surface area contributed by atoms with E-state index in [0.717, 1.165) is 56.5 Å². The minimum absolute atomic E-state index is 0.863. The highest BCUT2D eigenvalue weighted by Gasteiger charge is 2.16. The minimum atomic E-state index is 0.863. The van der Waals surface area contributed by atoms with Crippen molar-refractivity contribution in [2.24, 2.45) is 0 Å².